The van der Waals surface area contributed by atoms with Crippen LogP contribution in [0.3, 0.4) is 0 Å². The third kappa shape index (κ3) is 7.28. The average molecular weight is 593 g/mol. The number of hydrogen-bond acceptors (Lipinski definition) is 6. The van der Waals surface area contributed by atoms with E-state index in [0.717, 1.165) is 0 Å². The molecule has 0 radical (unpaired) electrons. The molecule has 0 spiro atoms. The number of anilines is 2. The van der Waals surface area contributed by atoms with E-state index >= 15 is 0 Å². The fourth-order valence-corrected chi connectivity index (χ4v) is 8.01. The Hall–Kier alpha value is -2.80. The molecule has 2 aromatic carbocycles. The first-order valence-electron chi connectivity index (χ1n) is 13.8. The highest BCUT2D eigenvalue weighted by molar-refractivity contribution is 7.89. The second-order valence-electron chi connectivity index (χ2n) is 9.76. The number of carbonyl (C=O) groups is 2. The van der Waals surface area contributed by atoms with Crippen LogP contribution < -0.4 is 10.6 Å². The molecule has 2 N–H and O–H groups in total. The van der Waals surface area contributed by atoms with Crippen molar-refractivity contribution in [2.24, 2.45) is 11.8 Å². The monoisotopic (exact) mass is 592 g/mol. The van der Waals surface area contributed by atoms with Crippen LogP contribution in [0.1, 0.15) is 53.4 Å². The summed E-state index contributed by atoms with van der Waals surface area (Å²) in [4.78, 5) is 26.1. The number of carbonyl (C=O) groups excluding carboxylic acids is 2. The Morgan fingerprint density at radius 1 is 0.650 bits per heavy atom. The fraction of sp³-hybridized carbons (Fsp3) is 0.500. The zero-order chi connectivity index (χ0) is 29.5. The maximum atomic E-state index is 12.9. The number of nitrogens with one attached hydrogen (secondary N) is 2. The highest BCUT2D eigenvalue weighted by atomic mass is 32.2. The lowest BCUT2D eigenvalue weighted by atomic mass is 9.81. The summed E-state index contributed by atoms with van der Waals surface area (Å²) < 4.78 is 54.1. The SMILES string of the molecule is CCN(CC)S(=O)(=O)c1cccc(NC(=O)C2CCC(C(=O)Nc3cccc(S(=O)(=O)N(CC)CC)c3)CC2)c1. The van der Waals surface area contributed by atoms with Crippen molar-refractivity contribution in [3.05, 3.63) is 48.5 Å². The Morgan fingerprint density at radius 2 is 0.975 bits per heavy atom. The van der Waals surface area contributed by atoms with Gasteiger partial charge in [0.2, 0.25) is 31.9 Å². The van der Waals surface area contributed by atoms with Crippen molar-refractivity contribution >= 4 is 43.2 Å². The fourth-order valence-electron chi connectivity index (χ4n) is 5.00. The summed E-state index contributed by atoms with van der Waals surface area (Å²) in [5, 5.41) is 5.68. The molecular formula is C28H40N4O6S2. The van der Waals surface area contributed by atoms with Crippen LogP contribution in [-0.2, 0) is 29.6 Å². The summed E-state index contributed by atoms with van der Waals surface area (Å²) in [5.41, 5.74) is 0.829. The van der Waals surface area contributed by atoms with Crippen molar-refractivity contribution in [2.45, 2.75) is 63.2 Å². The van der Waals surface area contributed by atoms with Gasteiger partial charge in [0.1, 0.15) is 0 Å². The van der Waals surface area contributed by atoms with Crippen LogP contribution in [-0.4, -0.2) is 63.4 Å². The minimum atomic E-state index is -3.64. The molecule has 1 aliphatic carbocycles. The number of benzene rings is 2. The molecule has 220 valence electrons. The minimum absolute atomic E-state index is 0.128. The van der Waals surface area contributed by atoms with Gasteiger partial charge in [-0.2, -0.15) is 8.61 Å². The number of sulfonamides is 2. The van der Waals surface area contributed by atoms with E-state index in [2.05, 4.69) is 10.6 Å². The summed E-state index contributed by atoms with van der Waals surface area (Å²) in [7, 11) is -7.29. The Labute approximate surface area is 238 Å². The lowest BCUT2D eigenvalue weighted by Crippen LogP contribution is -2.32. The van der Waals surface area contributed by atoms with Gasteiger partial charge in [0, 0.05) is 49.4 Å². The number of hydrogen-bond donors (Lipinski definition) is 2. The molecule has 40 heavy (non-hydrogen) atoms. The van der Waals surface area contributed by atoms with Crippen LogP contribution >= 0.6 is 0 Å². The minimum Gasteiger partial charge on any atom is -0.326 e. The van der Waals surface area contributed by atoms with Crippen LogP contribution in [0.2, 0.25) is 0 Å². The maximum Gasteiger partial charge on any atom is 0.243 e. The quantitative estimate of drug-likeness (QED) is 0.381. The molecule has 1 saturated carbocycles. The van der Waals surface area contributed by atoms with Gasteiger partial charge in [0.05, 0.1) is 9.79 Å². The van der Waals surface area contributed by atoms with Crippen molar-refractivity contribution < 1.29 is 26.4 Å². The van der Waals surface area contributed by atoms with E-state index in [9.17, 15) is 26.4 Å². The van der Waals surface area contributed by atoms with E-state index in [0.29, 0.717) is 63.2 Å². The molecule has 2 amide bonds. The highest BCUT2D eigenvalue weighted by Gasteiger charge is 2.31. The Morgan fingerprint density at radius 3 is 1.27 bits per heavy atom. The molecule has 0 saturated heterocycles. The second kappa shape index (κ2) is 13.7. The van der Waals surface area contributed by atoms with Crippen molar-refractivity contribution in [1.82, 2.24) is 8.61 Å². The van der Waals surface area contributed by atoms with Gasteiger partial charge >= 0.3 is 0 Å². The third-order valence-corrected chi connectivity index (χ3v) is 11.5. The number of rotatable bonds is 12. The Balaban J connectivity index is 1.59. The molecule has 2 aromatic rings. The summed E-state index contributed by atoms with van der Waals surface area (Å²) >= 11 is 0. The summed E-state index contributed by atoms with van der Waals surface area (Å²) in [6, 6.07) is 12.5. The third-order valence-electron chi connectivity index (χ3n) is 7.36. The van der Waals surface area contributed by atoms with Gasteiger partial charge in [-0.1, -0.05) is 39.8 Å². The van der Waals surface area contributed by atoms with E-state index in [1.54, 1.807) is 52.0 Å². The zero-order valence-electron chi connectivity index (χ0n) is 23.6. The summed E-state index contributed by atoms with van der Waals surface area (Å²) in [6.45, 7) is 8.52. The van der Waals surface area contributed by atoms with Gasteiger partial charge in [0.25, 0.3) is 0 Å². The van der Waals surface area contributed by atoms with Gasteiger partial charge in [-0.05, 0) is 62.1 Å². The van der Waals surface area contributed by atoms with Crippen LogP contribution in [0.4, 0.5) is 11.4 Å². The Kier molecular flexibility index (Phi) is 10.9. The molecule has 0 unspecified atom stereocenters. The first kappa shape index (κ1) is 31.7. The van der Waals surface area contributed by atoms with Gasteiger partial charge in [0.15, 0.2) is 0 Å². The molecule has 0 atom stereocenters. The first-order valence-corrected chi connectivity index (χ1v) is 16.7. The smallest absolute Gasteiger partial charge is 0.243 e. The van der Waals surface area contributed by atoms with Crippen molar-refractivity contribution in [2.75, 3.05) is 36.8 Å². The average Bonchev–Trinajstić information content (AvgIpc) is 2.94. The van der Waals surface area contributed by atoms with Gasteiger partial charge in [-0.3, -0.25) is 9.59 Å². The van der Waals surface area contributed by atoms with Gasteiger partial charge in [-0.25, -0.2) is 16.8 Å². The van der Waals surface area contributed by atoms with E-state index in [1.807, 2.05) is 0 Å². The number of amides is 2. The molecule has 0 aliphatic heterocycles. The molecule has 1 aliphatic rings. The lowest BCUT2D eigenvalue weighted by Gasteiger charge is -2.27. The standard InChI is InChI=1S/C28H40N4O6S2/c1-5-31(6-2)39(35,36)25-13-9-11-23(19-25)29-27(33)21-15-17-22(18-16-21)28(34)30-24-12-10-14-26(20-24)40(37,38)32(7-3)8-4/h9-14,19-22H,5-8,15-18H2,1-4H3,(H,29,33)(H,30,34). The van der Waals surface area contributed by atoms with Crippen LogP contribution in [0.15, 0.2) is 58.3 Å². The molecule has 0 aromatic heterocycles. The Bertz CT molecular complexity index is 1290. The van der Waals surface area contributed by atoms with Crippen molar-refractivity contribution in [1.29, 1.82) is 0 Å². The highest BCUT2D eigenvalue weighted by Crippen LogP contribution is 2.31. The molecule has 1 fully saturated rings. The predicted molar refractivity (Wildman–Crippen MR) is 156 cm³/mol. The lowest BCUT2D eigenvalue weighted by molar-refractivity contribution is -0.125. The normalized spacial score (nSPS) is 18.1. The van der Waals surface area contributed by atoms with Gasteiger partial charge in [-0.15, -0.1) is 0 Å². The molecular weight excluding hydrogens is 552 g/mol. The largest absolute Gasteiger partial charge is 0.326 e. The van der Waals surface area contributed by atoms with Crippen LogP contribution in [0, 0.1) is 11.8 Å². The summed E-state index contributed by atoms with van der Waals surface area (Å²) in [5.74, 6) is -1.000. The van der Waals surface area contributed by atoms with E-state index in [1.165, 1.54) is 32.9 Å². The van der Waals surface area contributed by atoms with E-state index in [-0.39, 0.29) is 33.4 Å². The first-order chi connectivity index (χ1) is 19.0. The number of nitrogens with zero attached hydrogens (tertiary/aromatic N) is 2. The zero-order valence-corrected chi connectivity index (χ0v) is 25.2. The van der Waals surface area contributed by atoms with Crippen molar-refractivity contribution in [3.63, 3.8) is 0 Å². The summed E-state index contributed by atoms with van der Waals surface area (Å²) in [6.07, 6.45) is 2.05. The van der Waals surface area contributed by atoms with Crippen LogP contribution in [0.25, 0.3) is 0 Å². The molecule has 0 bridgehead atoms. The van der Waals surface area contributed by atoms with Gasteiger partial charge < -0.3 is 10.6 Å². The predicted octanol–water partition coefficient (Wildman–Crippen LogP) is 4.13. The van der Waals surface area contributed by atoms with E-state index in [4.69, 9.17) is 0 Å². The molecule has 12 heteroatoms. The van der Waals surface area contributed by atoms with E-state index < -0.39 is 20.0 Å². The van der Waals surface area contributed by atoms with Crippen LogP contribution in [0.5, 0.6) is 0 Å². The second-order valence-corrected chi connectivity index (χ2v) is 13.6. The maximum absolute atomic E-state index is 12.9. The molecule has 10 nitrogen and oxygen atoms in total. The molecule has 3 rings (SSSR count). The molecule has 0 heterocycles. The topological polar surface area (TPSA) is 133 Å². The van der Waals surface area contributed by atoms with Crippen molar-refractivity contribution in [3.8, 4) is 0 Å².